The predicted molar refractivity (Wildman–Crippen MR) is 50.7 cm³/mol. The van der Waals surface area contributed by atoms with Crippen molar-refractivity contribution in [2.45, 2.75) is 13.8 Å². The summed E-state index contributed by atoms with van der Waals surface area (Å²) in [5.74, 6) is -0.442. The normalized spacial score (nSPS) is 10.9. The van der Waals surface area contributed by atoms with Crippen molar-refractivity contribution in [3.8, 4) is 0 Å². The lowest BCUT2D eigenvalue weighted by Gasteiger charge is -2.03. The lowest BCUT2D eigenvalue weighted by atomic mass is 10.1. The zero-order valence-electron chi connectivity index (χ0n) is 7.47. The fraction of sp³-hybridized carbons (Fsp3) is 0.222. The molecule has 4 heteroatoms. The Labute approximate surface area is 74.4 Å². The monoisotopic (exact) mass is 178 g/mol. The topological polar surface area (TPSA) is 72.0 Å². The third kappa shape index (κ3) is 1.02. The van der Waals surface area contributed by atoms with Crippen LogP contribution in [0.1, 0.15) is 11.1 Å². The lowest BCUT2D eigenvalue weighted by molar-refractivity contribution is 0.555. The minimum atomic E-state index is -0.442. The second-order valence-corrected chi connectivity index (χ2v) is 3.12. The van der Waals surface area contributed by atoms with Gasteiger partial charge in [-0.2, -0.15) is 0 Å². The number of nitrogen functional groups attached to an aromatic ring is 1. The van der Waals surface area contributed by atoms with Gasteiger partial charge >= 0.3 is 5.76 Å². The molecule has 0 saturated heterocycles. The SMILES string of the molecule is Cc1cc2oc(=O)[nH]c2c(C)c1N. The number of H-pyrrole nitrogens is 1. The largest absolute Gasteiger partial charge is 0.417 e. The Kier molecular flexibility index (Phi) is 1.45. The molecule has 0 aliphatic carbocycles. The maximum Gasteiger partial charge on any atom is 0.417 e. The molecule has 1 heterocycles. The minimum absolute atomic E-state index is 0.442. The molecule has 1 aromatic heterocycles. The molecule has 13 heavy (non-hydrogen) atoms. The molecule has 0 saturated carbocycles. The fourth-order valence-electron chi connectivity index (χ4n) is 1.43. The molecule has 4 nitrogen and oxygen atoms in total. The standard InChI is InChI=1S/C9H10N2O2/c1-4-3-6-8(5(2)7(4)10)11-9(12)13-6/h3H,10H2,1-2H3,(H,11,12). The molecular weight excluding hydrogens is 168 g/mol. The van der Waals surface area contributed by atoms with Gasteiger partial charge in [0.15, 0.2) is 5.58 Å². The van der Waals surface area contributed by atoms with Crippen molar-refractivity contribution in [2.24, 2.45) is 0 Å². The number of nitrogens with two attached hydrogens (primary N) is 1. The quantitative estimate of drug-likeness (QED) is 0.597. The van der Waals surface area contributed by atoms with Gasteiger partial charge in [0, 0.05) is 5.69 Å². The van der Waals surface area contributed by atoms with E-state index >= 15 is 0 Å². The average molecular weight is 178 g/mol. The number of nitrogens with one attached hydrogen (secondary N) is 1. The summed E-state index contributed by atoms with van der Waals surface area (Å²) in [7, 11) is 0. The first-order valence-electron chi connectivity index (χ1n) is 3.98. The van der Waals surface area contributed by atoms with Gasteiger partial charge in [0.05, 0.1) is 5.52 Å². The van der Waals surface area contributed by atoms with E-state index in [9.17, 15) is 4.79 Å². The molecule has 68 valence electrons. The van der Waals surface area contributed by atoms with Gasteiger partial charge in [0.1, 0.15) is 0 Å². The van der Waals surface area contributed by atoms with Crippen LogP contribution in [0.15, 0.2) is 15.3 Å². The van der Waals surface area contributed by atoms with Crippen LogP contribution in [0.5, 0.6) is 0 Å². The Morgan fingerprint density at radius 1 is 1.46 bits per heavy atom. The summed E-state index contributed by atoms with van der Waals surface area (Å²) in [4.78, 5) is 13.5. The van der Waals surface area contributed by atoms with E-state index in [1.54, 1.807) is 6.07 Å². The van der Waals surface area contributed by atoms with E-state index in [4.69, 9.17) is 10.2 Å². The summed E-state index contributed by atoms with van der Waals surface area (Å²) >= 11 is 0. The molecule has 0 atom stereocenters. The van der Waals surface area contributed by atoms with E-state index < -0.39 is 5.76 Å². The van der Waals surface area contributed by atoms with Crippen molar-refractivity contribution in [1.82, 2.24) is 4.98 Å². The second-order valence-electron chi connectivity index (χ2n) is 3.12. The van der Waals surface area contributed by atoms with E-state index in [0.717, 1.165) is 11.1 Å². The minimum Gasteiger partial charge on any atom is -0.408 e. The van der Waals surface area contributed by atoms with Crippen LogP contribution in [0, 0.1) is 13.8 Å². The Hall–Kier alpha value is -1.71. The predicted octanol–water partition coefficient (Wildman–Crippen LogP) is 1.32. The number of rotatable bonds is 0. The molecule has 0 aliphatic heterocycles. The Morgan fingerprint density at radius 2 is 2.15 bits per heavy atom. The molecular formula is C9H10N2O2. The van der Waals surface area contributed by atoms with Crippen molar-refractivity contribution in [1.29, 1.82) is 0 Å². The number of fused-ring (bicyclic) bond motifs is 1. The summed E-state index contributed by atoms with van der Waals surface area (Å²) in [6.45, 7) is 3.74. The molecule has 2 aromatic rings. The van der Waals surface area contributed by atoms with Gasteiger partial charge in [-0.1, -0.05) is 0 Å². The summed E-state index contributed by atoms with van der Waals surface area (Å²) < 4.78 is 4.92. The first kappa shape index (κ1) is 7.91. The van der Waals surface area contributed by atoms with E-state index in [1.165, 1.54) is 0 Å². The van der Waals surface area contributed by atoms with Crippen molar-refractivity contribution < 1.29 is 4.42 Å². The highest BCUT2D eigenvalue weighted by molar-refractivity contribution is 5.83. The summed E-state index contributed by atoms with van der Waals surface area (Å²) in [5, 5.41) is 0. The van der Waals surface area contributed by atoms with Crippen molar-refractivity contribution in [3.63, 3.8) is 0 Å². The van der Waals surface area contributed by atoms with Crippen LogP contribution in [0.2, 0.25) is 0 Å². The van der Waals surface area contributed by atoms with Gasteiger partial charge < -0.3 is 10.2 Å². The van der Waals surface area contributed by atoms with E-state index in [0.29, 0.717) is 16.8 Å². The molecule has 0 aliphatic rings. The summed E-state index contributed by atoms with van der Waals surface area (Å²) in [6.07, 6.45) is 0. The number of benzene rings is 1. The fourth-order valence-corrected chi connectivity index (χ4v) is 1.43. The van der Waals surface area contributed by atoms with Gasteiger partial charge in [0.2, 0.25) is 0 Å². The number of aromatic amines is 1. The van der Waals surface area contributed by atoms with Crippen LogP contribution in [-0.2, 0) is 0 Å². The van der Waals surface area contributed by atoms with Crippen molar-refractivity contribution in [3.05, 3.63) is 27.7 Å². The summed E-state index contributed by atoms with van der Waals surface area (Å²) in [5.41, 5.74) is 9.53. The molecule has 0 fully saturated rings. The van der Waals surface area contributed by atoms with Gasteiger partial charge in [0.25, 0.3) is 0 Å². The molecule has 2 rings (SSSR count). The number of aryl methyl sites for hydroxylation is 2. The molecule has 0 spiro atoms. The Balaban J connectivity index is 3.00. The van der Waals surface area contributed by atoms with E-state index in [-0.39, 0.29) is 0 Å². The highest BCUT2D eigenvalue weighted by Gasteiger charge is 2.08. The van der Waals surface area contributed by atoms with Gasteiger partial charge in [-0.15, -0.1) is 0 Å². The van der Waals surface area contributed by atoms with Crippen LogP contribution < -0.4 is 11.5 Å². The smallest absolute Gasteiger partial charge is 0.408 e. The van der Waals surface area contributed by atoms with Crippen LogP contribution in [-0.4, -0.2) is 4.98 Å². The van der Waals surface area contributed by atoms with E-state index in [1.807, 2.05) is 13.8 Å². The number of anilines is 1. The summed E-state index contributed by atoms with van der Waals surface area (Å²) in [6, 6.07) is 1.76. The first-order chi connectivity index (χ1) is 6.09. The van der Waals surface area contributed by atoms with Crippen LogP contribution >= 0.6 is 0 Å². The van der Waals surface area contributed by atoms with Gasteiger partial charge in [-0.05, 0) is 31.0 Å². The molecule has 3 N–H and O–H groups in total. The van der Waals surface area contributed by atoms with Gasteiger partial charge in [-0.3, -0.25) is 4.98 Å². The zero-order valence-corrected chi connectivity index (χ0v) is 7.47. The number of oxazole rings is 1. The van der Waals surface area contributed by atoms with Crippen LogP contribution in [0.4, 0.5) is 5.69 Å². The van der Waals surface area contributed by atoms with E-state index in [2.05, 4.69) is 4.98 Å². The number of hydrogen-bond acceptors (Lipinski definition) is 3. The highest BCUT2D eigenvalue weighted by atomic mass is 16.4. The molecule has 1 aromatic carbocycles. The molecule has 0 unspecified atom stereocenters. The Morgan fingerprint density at radius 3 is 2.85 bits per heavy atom. The third-order valence-electron chi connectivity index (χ3n) is 2.23. The molecule has 0 radical (unpaired) electrons. The molecule has 0 bridgehead atoms. The van der Waals surface area contributed by atoms with Crippen molar-refractivity contribution >= 4 is 16.8 Å². The van der Waals surface area contributed by atoms with Crippen LogP contribution in [0.25, 0.3) is 11.1 Å². The van der Waals surface area contributed by atoms with Crippen LogP contribution in [0.3, 0.4) is 0 Å². The number of hydrogen-bond donors (Lipinski definition) is 2. The van der Waals surface area contributed by atoms with Gasteiger partial charge in [-0.25, -0.2) is 4.79 Å². The maximum absolute atomic E-state index is 10.9. The first-order valence-corrected chi connectivity index (χ1v) is 3.98. The maximum atomic E-state index is 10.9. The highest BCUT2D eigenvalue weighted by Crippen LogP contribution is 2.24. The average Bonchev–Trinajstić information content (AvgIpc) is 2.42. The van der Waals surface area contributed by atoms with Crippen molar-refractivity contribution in [2.75, 3.05) is 5.73 Å². The zero-order chi connectivity index (χ0) is 9.59. The second kappa shape index (κ2) is 2.39. The Bertz CT molecular complexity index is 522. The third-order valence-corrected chi connectivity index (χ3v) is 2.23. The molecule has 0 amide bonds. The lowest BCUT2D eigenvalue weighted by Crippen LogP contribution is -1.96. The number of aromatic nitrogens is 1.